The zero-order chi connectivity index (χ0) is 12.1. The van der Waals surface area contributed by atoms with E-state index < -0.39 is 0 Å². The average molecular weight is 228 g/mol. The van der Waals surface area contributed by atoms with Crippen molar-refractivity contribution in [1.82, 2.24) is 10.3 Å². The van der Waals surface area contributed by atoms with Gasteiger partial charge in [-0.15, -0.1) is 0 Å². The molecule has 2 nitrogen and oxygen atoms in total. The summed E-state index contributed by atoms with van der Waals surface area (Å²) in [6.07, 6.45) is 4.00. The number of benzene rings is 1. The molecule has 2 aromatic rings. The molecular weight excluding hydrogens is 208 g/mol. The molecule has 2 rings (SSSR count). The average Bonchev–Trinajstić information content (AvgIpc) is 2.83. The molecule has 0 fully saturated rings. The maximum absolute atomic E-state index is 3.62. The summed E-state index contributed by atoms with van der Waals surface area (Å²) in [5, 5.41) is 3.62. The van der Waals surface area contributed by atoms with Crippen LogP contribution >= 0.6 is 0 Å². The Bertz CT molecular complexity index is 417. The van der Waals surface area contributed by atoms with Gasteiger partial charge in [-0.3, -0.25) is 0 Å². The zero-order valence-electron chi connectivity index (χ0n) is 10.5. The Kier molecular flexibility index (Phi) is 3.99. The summed E-state index contributed by atoms with van der Waals surface area (Å²) in [6, 6.07) is 13.2. The second kappa shape index (κ2) is 5.69. The highest BCUT2D eigenvalue weighted by atomic mass is 14.9. The number of rotatable bonds is 5. The standard InChI is InChI=1S/C15H20N2/c1-12(2)15(14-6-4-3-5-7-14)17-11-13-8-9-16-10-13/h3-10,12,15-17H,11H2,1-2H3. The fraction of sp³-hybridized carbons (Fsp3) is 0.333. The minimum absolute atomic E-state index is 0.408. The molecule has 0 saturated carbocycles. The van der Waals surface area contributed by atoms with Crippen LogP contribution in [-0.2, 0) is 6.54 Å². The molecule has 1 heterocycles. The van der Waals surface area contributed by atoms with Crippen molar-refractivity contribution in [1.29, 1.82) is 0 Å². The Morgan fingerprint density at radius 1 is 1.12 bits per heavy atom. The van der Waals surface area contributed by atoms with Crippen LogP contribution in [0.5, 0.6) is 0 Å². The van der Waals surface area contributed by atoms with Gasteiger partial charge in [0, 0.05) is 25.0 Å². The Morgan fingerprint density at radius 2 is 1.88 bits per heavy atom. The molecule has 90 valence electrons. The number of nitrogens with one attached hydrogen (secondary N) is 2. The number of aromatic amines is 1. The van der Waals surface area contributed by atoms with Crippen LogP contribution < -0.4 is 5.32 Å². The van der Waals surface area contributed by atoms with Gasteiger partial charge in [0.25, 0.3) is 0 Å². The number of hydrogen-bond acceptors (Lipinski definition) is 1. The molecule has 2 N–H and O–H groups in total. The molecular formula is C15H20N2. The van der Waals surface area contributed by atoms with Crippen LogP contribution in [0.25, 0.3) is 0 Å². The molecule has 0 bridgehead atoms. The Balaban J connectivity index is 2.03. The van der Waals surface area contributed by atoms with E-state index in [0.717, 1.165) is 6.54 Å². The van der Waals surface area contributed by atoms with E-state index in [1.165, 1.54) is 11.1 Å². The third kappa shape index (κ3) is 3.21. The van der Waals surface area contributed by atoms with E-state index in [2.05, 4.69) is 60.5 Å². The summed E-state index contributed by atoms with van der Waals surface area (Å²) in [7, 11) is 0. The second-order valence-electron chi connectivity index (χ2n) is 4.73. The predicted molar refractivity (Wildman–Crippen MR) is 71.7 cm³/mol. The molecule has 1 aromatic carbocycles. The monoisotopic (exact) mass is 228 g/mol. The van der Waals surface area contributed by atoms with Gasteiger partial charge in [0.1, 0.15) is 0 Å². The molecule has 0 spiro atoms. The summed E-state index contributed by atoms with van der Waals surface area (Å²) >= 11 is 0. The normalized spacial score (nSPS) is 12.9. The molecule has 1 unspecified atom stereocenters. The van der Waals surface area contributed by atoms with Crippen LogP contribution in [-0.4, -0.2) is 4.98 Å². The van der Waals surface area contributed by atoms with Crippen molar-refractivity contribution in [2.75, 3.05) is 0 Å². The predicted octanol–water partition coefficient (Wildman–Crippen LogP) is 3.50. The number of H-pyrrole nitrogens is 1. The number of hydrogen-bond donors (Lipinski definition) is 2. The summed E-state index contributed by atoms with van der Waals surface area (Å²) in [5.41, 5.74) is 2.66. The number of aromatic nitrogens is 1. The largest absolute Gasteiger partial charge is 0.367 e. The van der Waals surface area contributed by atoms with Gasteiger partial charge in [0.05, 0.1) is 0 Å². The first-order valence-corrected chi connectivity index (χ1v) is 6.17. The van der Waals surface area contributed by atoms with Crippen molar-refractivity contribution in [3.63, 3.8) is 0 Å². The van der Waals surface area contributed by atoms with Crippen LogP contribution in [0.4, 0.5) is 0 Å². The van der Waals surface area contributed by atoms with Crippen molar-refractivity contribution in [2.24, 2.45) is 5.92 Å². The second-order valence-corrected chi connectivity index (χ2v) is 4.73. The highest BCUT2D eigenvalue weighted by Gasteiger charge is 2.14. The van der Waals surface area contributed by atoms with E-state index >= 15 is 0 Å². The highest BCUT2D eigenvalue weighted by molar-refractivity contribution is 5.20. The Hall–Kier alpha value is -1.54. The van der Waals surface area contributed by atoms with E-state index in [0.29, 0.717) is 12.0 Å². The first kappa shape index (κ1) is 11.9. The van der Waals surface area contributed by atoms with Gasteiger partial charge in [0.15, 0.2) is 0 Å². The zero-order valence-corrected chi connectivity index (χ0v) is 10.5. The molecule has 0 radical (unpaired) electrons. The van der Waals surface area contributed by atoms with Crippen molar-refractivity contribution in [3.8, 4) is 0 Å². The summed E-state index contributed by atoms with van der Waals surface area (Å²) in [4.78, 5) is 3.08. The minimum atomic E-state index is 0.408. The van der Waals surface area contributed by atoms with E-state index in [9.17, 15) is 0 Å². The van der Waals surface area contributed by atoms with Crippen molar-refractivity contribution in [2.45, 2.75) is 26.4 Å². The van der Waals surface area contributed by atoms with E-state index in [4.69, 9.17) is 0 Å². The Labute approximate surface area is 103 Å². The third-order valence-corrected chi connectivity index (χ3v) is 3.01. The van der Waals surface area contributed by atoms with Crippen LogP contribution in [0.15, 0.2) is 48.8 Å². The van der Waals surface area contributed by atoms with E-state index in [1.807, 2.05) is 12.4 Å². The van der Waals surface area contributed by atoms with Gasteiger partial charge in [-0.25, -0.2) is 0 Å². The van der Waals surface area contributed by atoms with Gasteiger partial charge in [-0.2, -0.15) is 0 Å². The van der Waals surface area contributed by atoms with Gasteiger partial charge in [-0.05, 0) is 23.1 Å². The van der Waals surface area contributed by atoms with Crippen LogP contribution in [0.3, 0.4) is 0 Å². The lowest BCUT2D eigenvalue weighted by molar-refractivity contribution is 0.411. The van der Waals surface area contributed by atoms with E-state index in [-0.39, 0.29) is 0 Å². The minimum Gasteiger partial charge on any atom is -0.367 e. The van der Waals surface area contributed by atoms with Gasteiger partial charge >= 0.3 is 0 Å². The molecule has 2 heteroatoms. The van der Waals surface area contributed by atoms with Crippen molar-refractivity contribution < 1.29 is 0 Å². The molecule has 1 atom stereocenters. The molecule has 0 amide bonds. The smallest absolute Gasteiger partial charge is 0.0346 e. The Morgan fingerprint density at radius 3 is 2.47 bits per heavy atom. The SMILES string of the molecule is CC(C)C(NCc1cc[nH]c1)c1ccccc1. The molecule has 17 heavy (non-hydrogen) atoms. The summed E-state index contributed by atoms with van der Waals surface area (Å²) in [5.74, 6) is 0.580. The van der Waals surface area contributed by atoms with Crippen molar-refractivity contribution >= 4 is 0 Å². The van der Waals surface area contributed by atoms with Crippen molar-refractivity contribution in [3.05, 3.63) is 59.9 Å². The quantitative estimate of drug-likeness (QED) is 0.805. The maximum Gasteiger partial charge on any atom is 0.0346 e. The van der Waals surface area contributed by atoms with E-state index in [1.54, 1.807) is 0 Å². The summed E-state index contributed by atoms with van der Waals surface area (Å²) in [6.45, 7) is 5.41. The molecule has 0 saturated heterocycles. The van der Waals surface area contributed by atoms with Gasteiger partial charge < -0.3 is 10.3 Å². The first-order valence-electron chi connectivity index (χ1n) is 6.17. The lowest BCUT2D eigenvalue weighted by atomic mass is 9.96. The molecule has 1 aromatic heterocycles. The summed E-state index contributed by atoms with van der Waals surface area (Å²) < 4.78 is 0. The van der Waals surface area contributed by atoms with Crippen LogP contribution in [0, 0.1) is 5.92 Å². The van der Waals surface area contributed by atoms with Crippen LogP contribution in [0.2, 0.25) is 0 Å². The van der Waals surface area contributed by atoms with Gasteiger partial charge in [0.2, 0.25) is 0 Å². The lowest BCUT2D eigenvalue weighted by Crippen LogP contribution is -2.25. The highest BCUT2D eigenvalue weighted by Crippen LogP contribution is 2.21. The molecule has 0 aliphatic carbocycles. The first-order chi connectivity index (χ1) is 8.27. The van der Waals surface area contributed by atoms with Gasteiger partial charge in [-0.1, -0.05) is 44.2 Å². The fourth-order valence-electron chi connectivity index (χ4n) is 2.10. The fourth-order valence-corrected chi connectivity index (χ4v) is 2.10. The molecule has 0 aliphatic rings. The topological polar surface area (TPSA) is 27.8 Å². The lowest BCUT2D eigenvalue weighted by Gasteiger charge is -2.22. The van der Waals surface area contributed by atoms with Crippen LogP contribution in [0.1, 0.15) is 31.0 Å². The third-order valence-electron chi connectivity index (χ3n) is 3.01. The maximum atomic E-state index is 3.62. The molecule has 0 aliphatic heterocycles.